The summed E-state index contributed by atoms with van der Waals surface area (Å²) < 4.78 is 16.7. The third kappa shape index (κ3) is 4.48. The van der Waals surface area contributed by atoms with Gasteiger partial charge in [0.05, 0.1) is 26.5 Å². The first-order valence-electron chi connectivity index (χ1n) is 10.5. The van der Waals surface area contributed by atoms with E-state index >= 15 is 0 Å². The van der Waals surface area contributed by atoms with Gasteiger partial charge in [0.2, 0.25) is 0 Å². The zero-order chi connectivity index (χ0) is 21.8. The van der Waals surface area contributed by atoms with Gasteiger partial charge in [0.25, 0.3) is 5.91 Å². The Hall–Kier alpha value is -2.77. The number of furan rings is 1. The van der Waals surface area contributed by atoms with E-state index in [1.54, 1.807) is 37.7 Å². The monoisotopic (exact) mass is 440 g/mol. The molecule has 1 aromatic carbocycles. The molecule has 0 spiro atoms. The minimum absolute atomic E-state index is 0.0535. The van der Waals surface area contributed by atoms with Gasteiger partial charge < -0.3 is 19.2 Å². The van der Waals surface area contributed by atoms with E-state index in [1.165, 1.54) is 12.7 Å². The van der Waals surface area contributed by atoms with E-state index in [4.69, 9.17) is 13.9 Å². The average molecular weight is 441 g/mol. The number of likely N-dealkylation sites (tertiary alicyclic amines) is 1. The van der Waals surface area contributed by atoms with Crippen molar-refractivity contribution in [2.45, 2.75) is 32.2 Å². The third-order valence-electron chi connectivity index (χ3n) is 5.63. The van der Waals surface area contributed by atoms with Gasteiger partial charge >= 0.3 is 0 Å². The molecule has 1 saturated heterocycles. The zero-order valence-electron chi connectivity index (χ0n) is 18.1. The van der Waals surface area contributed by atoms with Crippen LogP contribution in [0.3, 0.4) is 0 Å². The van der Waals surface area contributed by atoms with Gasteiger partial charge in [-0.2, -0.15) is 0 Å². The fourth-order valence-corrected chi connectivity index (χ4v) is 5.21. The van der Waals surface area contributed by atoms with Gasteiger partial charge in [-0.15, -0.1) is 11.3 Å². The number of para-hydroxylation sites is 1. The SMILES string of the molecule is COc1cccc(C(c2cc(C)sc2NC(=O)c2ccco2)N2CCCCC2)c1OC. The number of carbonyl (C=O) groups excluding carboxylic acids is 1. The number of anilines is 1. The number of piperidine rings is 1. The second kappa shape index (κ2) is 9.58. The molecule has 31 heavy (non-hydrogen) atoms. The molecule has 3 aromatic rings. The second-order valence-electron chi connectivity index (χ2n) is 7.65. The summed E-state index contributed by atoms with van der Waals surface area (Å²) in [6.45, 7) is 4.05. The first-order chi connectivity index (χ1) is 15.1. The highest BCUT2D eigenvalue weighted by atomic mass is 32.1. The highest BCUT2D eigenvalue weighted by Crippen LogP contribution is 2.45. The fourth-order valence-electron chi connectivity index (χ4n) is 4.27. The normalized spacial score (nSPS) is 15.5. The number of carbonyl (C=O) groups is 1. The van der Waals surface area contributed by atoms with Crippen molar-refractivity contribution < 1.29 is 18.7 Å². The highest BCUT2D eigenvalue weighted by molar-refractivity contribution is 7.16. The molecule has 1 unspecified atom stereocenters. The number of benzene rings is 1. The molecule has 1 fully saturated rings. The van der Waals surface area contributed by atoms with Crippen molar-refractivity contribution in [3.05, 3.63) is 64.4 Å². The number of ether oxygens (including phenoxy) is 2. The summed E-state index contributed by atoms with van der Waals surface area (Å²) in [6, 6.07) is 11.5. The molecule has 1 atom stereocenters. The molecule has 4 rings (SSSR count). The molecule has 1 N–H and O–H groups in total. The number of nitrogens with one attached hydrogen (secondary N) is 1. The molecular formula is C24H28N2O4S. The van der Waals surface area contributed by atoms with Crippen LogP contribution in [0.25, 0.3) is 0 Å². The smallest absolute Gasteiger partial charge is 0.291 e. The highest BCUT2D eigenvalue weighted by Gasteiger charge is 2.31. The third-order valence-corrected chi connectivity index (χ3v) is 6.62. The lowest BCUT2D eigenvalue weighted by molar-refractivity contribution is 0.0996. The lowest BCUT2D eigenvalue weighted by Crippen LogP contribution is -2.35. The van der Waals surface area contributed by atoms with Crippen LogP contribution >= 0.6 is 11.3 Å². The van der Waals surface area contributed by atoms with Crippen molar-refractivity contribution >= 4 is 22.2 Å². The van der Waals surface area contributed by atoms with Crippen molar-refractivity contribution in [2.75, 3.05) is 32.6 Å². The summed E-state index contributed by atoms with van der Waals surface area (Å²) in [4.78, 5) is 16.3. The summed E-state index contributed by atoms with van der Waals surface area (Å²) in [7, 11) is 3.33. The van der Waals surface area contributed by atoms with Crippen LogP contribution in [0, 0.1) is 6.92 Å². The zero-order valence-corrected chi connectivity index (χ0v) is 19.0. The van der Waals surface area contributed by atoms with Crippen LogP contribution in [0.5, 0.6) is 11.5 Å². The Morgan fingerprint density at radius 1 is 1.10 bits per heavy atom. The Kier molecular flexibility index (Phi) is 6.63. The summed E-state index contributed by atoms with van der Waals surface area (Å²) in [5.74, 6) is 1.48. The molecule has 0 aliphatic carbocycles. The van der Waals surface area contributed by atoms with E-state index in [1.807, 2.05) is 12.1 Å². The minimum Gasteiger partial charge on any atom is -0.493 e. The molecule has 1 amide bonds. The van der Waals surface area contributed by atoms with Crippen molar-refractivity contribution in [2.24, 2.45) is 0 Å². The predicted molar refractivity (Wildman–Crippen MR) is 123 cm³/mol. The van der Waals surface area contributed by atoms with Gasteiger partial charge in [0.1, 0.15) is 5.00 Å². The predicted octanol–water partition coefficient (Wildman–Crippen LogP) is 5.49. The van der Waals surface area contributed by atoms with E-state index in [0.29, 0.717) is 11.5 Å². The maximum Gasteiger partial charge on any atom is 0.291 e. The standard InChI is InChI=1S/C24H28N2O4S/c1-16-15-18(24(31-16)25-23(27)20-11-8-14-30-20)21(26-12-5-4-6-13-26)17-9-7-10-19(28-2)22(17)29-3/h7-11,14-15,21H,4-6,12-13H2,1-3H3,(H,25,27). The van der Waals surface area contributed by atoms with Crippen LogP contribution < -0.4 is 14.8 Å². The van der Waals surface area contributed by atoms with Crippen LogP contribution in [-0.4, -0.2) is 38.1 Å². The summed E-state index contributed by atoms with van der Waals surface area (Å²) >= 11 is 1.58. The number of hydrogen-bond donors (Lipinski definition) is 1. The molecule has 3 heterocycles. The van der Waals surface area contributed by atoms with Crippen LogP contribution in [-0.2, 0) is 0 Å². The molecule has 0 saturated carbocycles. The van der Waals surface area contributed by atoms with E-state index in [-0.39, 0.29) is 11.9 Å². The Labute approximate surface area is 186 Å². The Morgan fingerprint density at radius 2 is 1.90 bits per heavy atom. The molecular weight excluding hydrogens is 412 g/mol. The van der Waals surface area contributed by atoms with E-state index in [9.17, 15) is 4.79 Å². The molecule has 0 bridgehead atoms. The van der Waals surface area contributed by atoms with Crippen LogP contribution in [0.4, 0.5) is 5.00 Å². The lowest BCUT2D eigenvalue weighted by atomic mass is 9.94. The molecule has 6 nitrogen and oxygen atoms in total. The van der Waals surface area contributed by atoms with E-state index in [0.717, 1.165) is 52.7 Å². The number of aryl methyl sites for hydroxylation is 1. The minimum atomic E-state index is -0.247. The number of thiophene rings is 1. The molecule has 1 aliphatic rings. The number of rotatable bonds is 7. The van der Waals surface area contributed by atoms with Crippen LogP contribution in [0.15, 0.2) is 47.1 Å². The maximum atomic E-state index is 12.7. The first kappa shape index (κ1) is 21.5. The van der Waals surface area contributed by atoms with Gasteiger partial charge in [-0.25, -0.2) is 0 Å². The van der Waals surface area contributed by atoms with Gasteiger partial charge in [-0.1, -0.05) is 18.6 Å². The van der Waals surface area contributed by atoms with Gasteiger partial charge in [0.15, 0.2) is 17.3 Å². The van der Waals surface area contributed by atoms with Gasteiger partial charge in [-0.3, -0.25) is 9.69 Å². The van der Waals surface area contributed by atoms with Crippen LogP contribution in [0.1, 0.15) is 51.9 Å². The first-order valence-corrected chi connectivity index (χ1v) is 11.3. The van der Waals surface area contributed by atoms with E-state index in [2.05, 4.69) is 29.3 Å². The number of methoxy groups -OCH3 is 2. The number of hydrogen-bond acceptors (Lipinski definition) is 6. The number of amides is 1. The number of nitrogens with zero attached hydrogens (tertiary/aromatic N) is 1. The Bertz CT molecular complexity index is 1020. The Balaban J connectivity index is 1.79. The molecule has 0 radical (unpaired) electrons. The summed E-state index contributed by atoms with van der Waals surface area (Å²) in [5, 5.41) is 3.91. The summed E-state index contributed by atoms with van der Waals surface area (Å²) in [6.07, 6.45) is 5.05. The largest absolute Gasteiger partial charge is 0.493 e. The van der Waals surface area contributed by atoms with Crippen molar-refractivity contribution in [3.63, 3.8) is 0 Å². The second-order valence-corrected chi connectivity index (χ2v) is 8.91. The molecule has 1 aliphatic heterocycles. The quantitative estimate of drug-likeness (QED) is 0.526. The lowest BCUT2D eigenvalue weighted by Gasteiger charge is -2.36. The topological polar surface area (TPSA) is 63.9 Å². The van der Waals surface area contributed by atoms with E-state index < -0.39 is 0 Å². The fraction of sp³-hybridized carbons (Fsp3) is 0.375. The van der Waals surface area contributed by atoms with Gasteiger partial charge in [-0.05, 0) is 57.1 Å². The average Bonchev–Trinajstić information content (AvgIpc) is 3.45. The Morgan fingerprint density at radius 3 is 2.58 bits per heavy atom. The van der Waals surface area contributed by atoms with Gasteiger partial charge in [0, 0.05) is 16.0 Å². The molecule has 164 valence electrons. The maximum absolute atomic E-state index is 12.7. The van der Waals surface area contributed by atoms with Crippen LogP contribution in [0.2, 0.25) is 0 Å². The van der Waals surface area contributed by atoms with Crippen molar-refractivity contribution in [1.82, 2.24) is 4.90 Å². The van der Waals surface area contributed by atoms with Crippen molar-refractivity contribution in [1.29, 1.82) is 0 Å². The molecule has 7 heteroatoms. The summed E-state index contributed by atoms with van der Waals surface area (Å²) in [5.41, 5.74) is 2.10. The van der Waals surface area contributed by atoms with Crippen molar-refractivity contribution in [3.8, 4) is 11.5 Å². The molecule has 2 aromatic heterocycles.